The number of benzene rings is 3. The van der Waals surface area contributed by atoms with E-state index in [0.717, 1.165) is 17.7 Å². The Morgan fingerprint density at radius 2 is 1.78 bits per heavy atom. The number of nitrogens with zero attached hydrogens (tertiary/aromatic N) is 2. The first-order chi connectivity index (χ1) is 15.5. The van der Waals surface area contributed by atoms with Crippen molar-refractivity contribution in [3.05, 3.63) is 88.9 Å². The van der Waals surface area contributed by atoms with Crippen molar-refractivity contribution in [2.45, 2.75) is 13.0 Å². The molecule has 4 rings (SSSR count). The third-order valence-electron chi connectivity index (χ3n) is 5.37. The van der Waals surface area contributed by atoms with Gasteiger partial charge in [0.15, 0.2) is 0 Å². The molecular weight excluding hydrogens is 426 g/mol. The van der Waals surface area contributed by atoms with Crippen LogP contribution in [0.3, 0.4) is 0 Å². The Morgan fingerprint density at radius 1 is 1.03 bits per heavy atom. The Kier molecular flexibility index (Phi) is 6.61. The summed E-state index contributed by atoms with van der Waals surface area (Å²) in [6.07, 6.45) is 0.872. The Hall–Kier alpha value is -3.51. The average molecular weight is 450 g/mol. The standard InChI is InChI=1S/C25H24ClN3O3/c1-32-23-5-2-4-21(16-23)27-24(30)19-8-12-22(13-9-19)29-15-3-14-28(25(29)31)17-18-6-10-20(26)11-7-18/h2,4-13,16H,3,14-15,17H2,1H3,(H,27,30). The van der Waals surface area contributed by atoms with Crippen LogP contribution in [0.2, 0.25) is 5.02 Å². The highest BCUT2D eigenvalue weighted by atomic mass is 35.5. The maximum absolute atomic E-state index is 13.1. The number of urea groups is 1. The van der Waals surface area contributed by atoms with Crippen LogP contribution in [0.25, 0.3) is 0 Å². The number of amides is 3. The van der Waals surface area contributed by atoms with Crippen LogP contribution in [-0.2, 0) is 6.54 Å². The largest absolute Gasteiger partial charge is 0.497 e. The van der Waals surface area contributed by atoms with Crippen molar-refractivity contribution in [1.29, 1.82) is 0 Å². The minimum absolute atomic E-state index is 0.0419. The van der Waals surface area contributed by atoms with Gasteiger partial charge in [-0.15, -0.1) is 0 Å². The summed E-state index contributed by atoms with van der Waals surface area (Å²) in [7, 11) is 1.58. The number of ether oxygens (including phenoxy) is 1. The first-order valence-electron chi connectivity index (χ1n) is 10.4. The number of carbonyl (C=O) groups excluding carboxylic acids is 2. The first-order valence-corrected chi connectivity index (χ1v) is 10.8. The number of nitrogens with one attached hydrogen (secondary N) is 1. The molecule has 32 heavy (non-hydrogen) atoms. The molecular formula is C25H24ClN3O3. The van der Waals surface area contributed by atoms with Gasteiger partial charge in [-0.25, -0.2) is 4.79 Å². The van der Waals surface area contributed by atoms with Gasteiger partial charge < -0.3 is 15.0 Å². The molecule has 164 valence electrons. The molecule has 0 spiro atoms. The van der Waals surface area contributed by atoms with Crippen molar-refractivity contribution in [2.24, 2.45) is 0 Å². The highest BCUT2D eigenvalue weighted by molar-refractivity contribution is 6.30. The van der Waals surface area contributed by atoms with E-state index in [1.54, 1.807) is 36.3 Å². The van der Waals surface area contributed by atoms with E-state index in [9.17, 15) is 9.59 Å². The summed E-state index contributed by atoms with van der Waals surface area (Å²) in [6.45, 7) is 1.89. The van der Waals surface area contributed by atoms with Gasteiger partial charge in [0.05, 0.1) is 7.11 Å². The summed E-state index contributed by atoms with van der Waals surface area (Å²) in [6, 6.07) is 21.8. The van der Waals surface area contributed by atoms with E-state index in [0.29, 0.717) is 41.7 Å². The number of carbonyl (C=O) groups is 2. The molecule has 1 N–H and O–H groups in total. The van der Waals surface area contributed by atoms with Crippen LogP contribution in [0, 0.1) is 0 Å². The van der Waals surface area contributed by atoms with Crippen LogP contribution in [0.5, 0.6) is 5.75 Å². The quantitative estimate of drug-likeness (QED) is 0.545. The van der Waals surface area contributed by atoms with Gasteiger partial charge in [0.1, 0.15) is 5.75 Å². The van der Waals surface area contributed by atoms with E-state index in [2.05, 4.69) is 5.32 Å². The SMILES string of the molecule is COc1cccc(NC(=O)c2ccc(N3CCCN(Cc4ccc(Cl)cc4)C3=O)cc2)c1. The average Bonchev–Trinajstić information content (AvgIpc) is 2.82. The Morgan fingerprint density at radius 3 is 2.50 bits per heavy atom. The minimum atomic E-state index is -0.223. The van der Waals surface area contributed by atoms with Gasteiger partial charge in [-0.05, 0) is 60.5 Å². The van der Waals surface area contributed by atoms with E-state index in [1.807, 2.05) is 53.4 Å². The van der Waals surface area contributed by atoms with E-state index in [4.69, 9.17) is 16.3 Å². The van der Waals surface area contributed by atoms with Crippen molar-refractivity contribution < 1.29 is 14.3 Å². The van der Waals surface area contributed by atoms with Gasteiger partial charge in [-0.3, -0.25) is 9.69 Å². The van der Waals surface area contributed by atoms with Crippen LogP contribution in [0.15, 0.2) is 72.8 Å². The van der Waals surface area contributed by atoms with Crippen molar-refractivity contribution in [3.63, 3.8) is 0 Å². The third kappa shape index (κ3) is 5.03. The highest BCUT2D eigenvalue weighted by Crippen LogP contribution is 2.23. The Balaban J connectivity index is 1.42. The fraction of sp³-hybridized carbons (Fsp3) is 0.200. The van der Waals surface area contributed by atoms with Gasteiger partial charge >= 0.3 is 6.03 Å². The summed E-state index contributed by atoms with van der Waals surface area (Å²) in [5.41, 5.74) is 2.98. The first kappa shape index (κ1) is 21.7. The third-order valence-corrected chi connectivity index (χ3v) is 5.62. The number of anilines is 2. The summed E-state index contributed by atoms with van der Waals surface area (Å²) in [5.74, 6) is 0.448. The zero-order chi connectivity index (χ0) is 22.5. The van der Waals surface area contributed by atoms with Crippen LogP contribution in [-0.4, -0.2) is 37.0 Å². The van der Waals surface area contributed by atoms with E-state index >= 15 is 0 Å². The van der Waals surface area contributed by atoms with Crippen LogP contribution >= 0.6 is 11.6 Å². The van der Waals surface area contributed by atoms with E-state index < -0.39 is 0 Å². The predicted molar refractivity (Wildman–Crippen MR) is 127 cm³/mol. The molecule has 0 atom stereocenters. The fourth-order valence-corrected chi connectivity index (χ4v) is 3.80. The molecule has 1 heterocycles. The van der Waals surface area contributed by atoms with Gasteiger partial charge in [0.2, 0.25) is 0 Å². The van der Waals surface area contributed by atoms with Gasteiger partial charge in [-0.2, -0.15) is 0 Å². The lowest BCUT2D eigenvalue weighted by Crippen LogP contribution is -2.49. The van der Waals surface area contributed by atoms with E-state index in [1.165, 1.54) is 0 Å². The monoisotopic (exact) mass is 449 g/mol. The van der Waals surface area contributed by atoms with Gasteiger partial charge in [-0.1, -0.05) is 29.8 Å². The summed E-state index contributed by atoms with van der Waals surface area (Å²) < 4.78 is 5.19. The number of hydrogen-bond donors (Lipinski definition) is 1. The Bertz CT molecular complexity index is 1100. The van der Waals surface area contributed by atoms with Gasteiger partial charge in [0, 0.05) is 47.7 Å². The number of rotatable bonds is 6. The summed E-state index contributed by atoms with van der Waals surface area (Å²) >= 11 is 5.96. The smallest absolute Gasteiger partial charge is 0.324 e. The highest BCUT2D eigenvalue weighted by Gasteiger charge is 2.27. The molecule has 7 heteroatoms. The minimum Gasteiger partial charge on any atom is -0.497 e. The molecule has 3 aromatic carbocycles. The molecule has 0 aromatic heterocycles. The van der Waals surface area contributed by atoms with E-state index in [-0.39, 0.29) is 11.9 Å². The number of halogens is 1. The molecule has 1 aliphatic heterocycles. The van der Waals surface area contributed by atoms with Crippen molar-refractivity contribution >= 4 is 34.9 Å². The van der Waals surface area contributed by atoms with Crippen LogP contribution < -0.4 is 15.0 Å². The molecule has 0 unspecified atom stereocenters. The second-order valence-corrected chi connectivity index (χ2v) is 8.01. The summed E-state index contributed by atoms with van der Waals surface area (Å²) in [4.78, 5) is 29.2. The molecule has 1 aliphatic rings. The topological polar surface area (TPSA) is 61.9 Å². The predicted octanol–water partition coefficient (Wildman–Crippen LogP) is 5.43. The second kappa shape index (κ2) is 9.75. The molecule has 1 saturated heterocycles. The van der Waals surface area contributed by atoms with Gasteiger partial charge in [0.25, 0.3) is 5.91 Å². The lowest BCUT2D eigenvalue weighted by Gasteiger charge is -2.35. The fourth-order valence-electron chi connectivity index (χ4n) is 3.67. The maximum Gasteiger partial charge on any atom is 0.324 e. The molecule has 0 saturated carbocycles. The molecule has 0 bridgehead atoms. The van der Waals surface area contributed by atoms with Crippen LogP contribution in [0.4, 0.5) is 16.2 Å². The summed E-state index contributed by atoms with van der Waals surface area (Å²) in [5, 5.41) is 3.54. The second-order valence-electron chi connectivity index (χ2n) is 7.57. The van der Waals surface area contributed by atoms with Crippen molar-refractivity contribution in [2.75, 3.05) is 30.4 Å². The zero-order valence-electron chi connectivity index (χ0n) is 17.8. The lowest BCUT2D eigenvalue weighted by molar-refractivity contribution is 0.102. The lowest BCUT2D eigenvalue weighted by atomic mass is 10.1. The van der Waals surface area contributed by atoms with Crippen molar-refractivity contribution in [1.82, 2.24) is 4.90 Å². The Labute approximate surface area is 192 Å². The molecule has 3 aromatic rings. The van der Waals surface area contributed by atoms with Crippen molar-refractivity contribution in [3.8, 4) is 5.75 Å². The van der Waals surface area contributed by atoms with Crippen LogP contribution in [0.1, 0.15) is 22.3 Å². The number of hydrogen-bond acceptors (Lipinski definition) is 3. The number of methoxy groups -OCH3 is 1. The normalized spacial score (nSPS) is 13.8. The zero-order valence-corrected chi connectivity index (χ0v) is 18.5. The maximum atomic E-state index is 13.1. The molecule has 0 aliphatic carbocycles. The molecule has 1 fully saturated rings. The molecule has 6 nitrogen and oxygen atoms in total. The molecule has 0 radical (unpaired) electrons. The molecule has 3 amide bonds.